The fourth-order valence-corrected chi connectivity index (χ4v) is 8.08. The summed E-state index contributed by atoms with van der Waals surface area (Å²) in [6.07, 6.45) is 0. The van der Waals surface area contributed by atoms with Gasteiger partial charge >= 0.3 is 0 Å². The average Bonchev–Trinajstić information content (AvgIpc) is 3.77. The van der Waals surface area contributed by atoms with Crippen LogP contribution in [-0.4, -0.2) is 0 Å². The number of hydrogen-bond donors (Lipinski definition) is 0. The van der Waals surface area contributed by atoms with Gasteiger partial charge in [-0.3, -0.25) is 0 Å². The summed E-state index contributed by atoms with van der Waals surface area (Å²) in [5, 5.41) is 8.86. The van der Waals surface area contributed by atoms with E-state index in [1.807, 2.05) is 12.1 Å². The Morgan fingerprint density at radius 3 is 0.963 bits per heavy atom. The number of furan rings is 2. The lowest BCUT2D eigenvalue weighted by atomic mass is 10.0. The topological polar surface area (TPSA) is 32.8 Å². The minimum absolute atomic E-state index is 0.850. The van der Waals surface area contributed by atoms with Crippen LogP contribution in [0.2, 0.25) is 0 Å². The summed E-state index contributed by atoms with van der Waals surface area (Å²) in [6.45, 7) is 0. The van der Waals surface area contributed by atoms with Gasteiger partial charge in [-0.1, -0.05) is 84.9 Å². The van der Waals surface area contributed by atoms with Crippen LogP contribution in [0, 0.1) is 0 Å². The number of rotatable bonds is 6. The lowest BCUT2D eigenvalue weighted by Crippen LogP contribution is -2.09. The zero-order chi connectivity index (χ0) is 35.6. The monoisotopic (exact) mass is 692 g/mol. The second-order valence-corrected chi connectivity index (χ2v) is 13.8. The lowest BCUT2D eigenvalue weighted by Gasteiger charge is -2.25. The van der Waals surface area contributed by atoms with Crippen molar-refractivity contribution in [3.63, 3.8) is 0 Å². The molecule has 0 unspecified atom stereocenters. The molecule has 0 saturated carbocycles. The van der Waals surface area contributed by atoms with Gasteiger partial charge in [-0.25, -0.2) is 0 Å². The van der Waals surface area contributed by atoms with E-state index in [-0.39, 0.29) is 0 Å². The van der Waals surface area contributed by atoms with E-state index in [9.17, 15) is 0 Å². The molecule has 0 atom stereocenters. The molecule has 11 aromatic rings. The zero-order valence-electron chi connectivity index (χ0n) is 29.2. The van der Waals surface area contributed by atoms with Gasteiger partial charge in [0, 0.05) is 55.7 Å². The largest absolute Gasteiger partial charge is 0.456 e. The number of fused-ring (bicyclic) bond motifs is 9. The molecule has 0 aliphatic heterocycles. The highest BCUT2D eigenvalue weighted by molar-refractivity contribution is 6.27. The van der Waals surface area contributed by atoms with Crippen LogP contribution in [0.15, 0.2) is 203 Å². The quantitative estimate of drug-likeness (QED) is 0.174. The van der Waals surface area contributed by atoms with Crippen molar-refractivity contribution in [2.45, 2.75) is 0 Å². The van der Waals surface area contributed by atoms with Gasteiger partial charge < -0.3 is 18.6 Å². The van der Waals surface area contributed by atoms with Crippen LogP contribution in [0.3, 0.4) is 0 Å². The third kappa shape index (κ3) is 4.92. The predicted octanol–water partition coefficient (Wildman–Crippen LogP) is 14.7. The van der Waals surface area contributed by atoms with Crippen molar-refractivity contribution in [1.82, 2.24) is 0 Å². The van der Waals surface area contributed by atoms with Crippen LogP contribution in [0.5, 0.6) is 0 Å². The average molecular weight is 693 g/mol. The summed E-state index contributed by atoms with van der Waals surface area (Å²) in [6, 6.07) is 68.3. The summed E-state index contributed by atoms with van der Waals surface area (Å²) in [4.78, 5) is 4.58. The number of anilines is 6. The van der Waals surface area contributed by atoms with Gasteiger partial charge in [0.05, 0.1) is 0 Å². The maximum Gasteiger partial charge on any atom is 0.136 e. The second kappa shape index (κ2) is 12.1. The normalized spacial score (nSPS) is 11.7. The highest BCUT2D eigenvalue weighted by atomic mass is 16.3. The van der Waals surface area contributed by atoms with Crippen molar-refractivity contribution in [3.8, 4) is 0 Å². The number of benzene rings is 9. The predicted molar refractivity (Wildman–Crippen MR) is 225 cm³/mol. The van der Waals surface area contributed by atoms with E-state index in [0.717, 1.165) is 99.5 Å². The van der Waals surface area contributed by atoms with Gasteiger partial charge in [0.1, 0.15) is 22.3 Å². The van der Waals surface area contributed by atoms with E-state index in [4.69, 9.17) is 8.83 Å². The van der Waals surface area contributed by atoms with E-state index in [1.54, 1.807) is 0 Å². The van der Waals surface area contributed by atoms with Gasteiger partial charge in [0.25, 0.3) is 0 Å². The van der Waals surface area contributed by atoms with Gasteiger partial charge in [0.2, 0.25) is 0 Å². The van der Waals surface area contributed by atoms with Crippen molar-refractivity contribution in [2.24, 2.45) is 0 Å². The standard InChI is InChI=1S/C50H32N2O2/c1-5-13-37(14-6-1)51(38-15-7-2-8-16-38)41-23-21-33-29-43-47(31-35(33)27-41)53-45-25-26-46-50(49(43)45)44-30-34-22-24-42(28-36(34)32-48(44)54-46)52(39-17-9-3-10-18-39)40-19-11-4-12-20-40/h1-32H. The van der Waals surface area contributed by atoms with Gasteiger partial charge in [0.15, 0.2) is 0 Å². The minimum Gasteiger partial charge on any atom is -0.456 e. The fraction of sp³-hybridized carbons (Fsp3) is 0. The van der Waals surface area contributed by atoms with Crippen molar-refractivity contribution in [1.29, 1.82) is 0 Å². The Kier molecular flexibility index (Phi) is 6.82. The van der Waals surface area contributed by atoms with Crippen molar-refractivity contribution >= 4 is 99.5 Å². The molecule has 254 valence electrons. The summed E-state index contributed by atoms with van der Waals surface area (Å²) >= 11 is 0. The van der Waals surface area contributed by atoms with E-state index in [1.165, 1.54) is 0 Å². The Bertz CT molecular complexity index is 2860. The van der Waals surface area contributed by atoms with E-state index in [2.05, 4.69) is 192 Å². The molecule has 0 fully saturated rings. The molecule has 4 nitrogen and oxygen atoms in total. The molecule has 0 radical (unpaired) electrons. The molecule has 2 aromatic heterocycles. The molecule has 0 aliphatic rings. The SMILES string of the molecule is c1ccc(N(c2ccccc2)c2ccc3cc4c(cc3c2)oc2ccc3oc5cc6cc(N(c7ccccc7)c7ccccc7)ccc6cc5c3c24)cc1. The highest BCUT2D eigenvalue weighted by Gasteiger charge is 2.20. The first-order valence-corrected chi connectivity index (χ1v) is 18.2. The Hall–Kier alpha value is -7.30. The summed E-state index contributed by atoms with van der Waals surface area (Å²) in [5.74, 6) is 0. The first kappa shape index (κ1) is 30.3. The third-order valence-corrected chi connectivity index (χ3v) is 10.5. The van der Waals surface area contributed by atoms with Gasteiger partial charge in [-0.15, -0.1) is 0 Å². The molecule has 2 heterocycles. The lowest BCUT2D eigenvalue weighted by molar-refractivity contribution is 0.663. The summed E-state index contributed by atoms with van der Waals surface area (Å²) in [5.41, 5.74) is 10.0. The zero-order valence-corrected chi connectivity index (χ0v) is 29.2. The Morgan fingerprint density at radius 1 is 0.259 bits per heavy atom. The summed E-state index contributed by atoms with van der Waals surface area (Å²) in [7, 11) is 0. The number of para-hydroxylation sites is 4. The van der Waals surface area contributed by atoms with Gasteiger partial charge in [-0.2, -0.15) is 0 Å². The third-order valence-electron chi connectivity index (χ3n) is 10.5. The van der Waals surface area contributed by atoms with E-state index < -0.39 is 0 Å². The number of hydrogen-bond acceptors (Lipinski definition) is 4. The van der Waals surface area contributed by atoms with Crippen molar-refractivity contribution in [2.75, 3.05) is 9.80 Å². The Labute approximate surface area is 311 Å². The van der Waals surface area contributed by atoms with Crippen LogP contribution >= 0.6 is 0 Å². The summed E-state index contributed by atoms with van der Waals surface area (Å²) < 4.78 is 13.2. The van der Waals surface area contributed by atoms with Gasteiger partial charge in [-0.05, 0) is 131 Å². The Morgan fingerprint density at radius 2 is 0.611 bits per heavy atom. The molecule has 0 aliphatic carbocycles. The molecule has 0 bridgehead atoms. The Balaban J connectivity index is 1.05. The van der Waals surface area contributed by atoms with E-state index >= 15 is 0 Å². The van der Waals surface area contributed by atoms with Crippen LogP contribution in [0.4, 0.5) is 34.1 Å². The first-order chi connectivity index (χ1) is 26.7. The molecule has 54 heavy (non-hydrogen) atoms. The molecule has 4 heteroatoms. The molecular formula is C50H32N2O2. The molecule has 0 amide bonds. The van der Waals surface area contributed by atoms with Crippen molar-refractivity contribution < 1.29 is 8.83 Å². The van der Waals surface area contributed by atoms with Crippen LogP contribution in [0.25, 0.3) is 65.4 Å². The van der Waals surface area contributed by atoms with E-state index in [0.29, 0.717) is 0 Å². The highest BCUT2D eigenvalue weighted by Crippen LogP contribution is 2.44. The van der Waals surface area contributed by atoms with Crippen LogP contribution in [0.1, 0.15) is 0 Å². The first-order valence-electron chi connectivity index (χ1n) is 18.2. The maximum absolute atomic E-state index is 6.61. The molecule has 0 spiro atoms. The molecule has 0 saturated heterocycles. The minimum atomic E-state index is 0.850. The molecule has 9 aromatic carbocycles. The fourth-order valence-electron chi connectivity index (χ4n) is 8.08. The van der Waals surface area contributed by atoms with Crippen LogP contribution in [-0.2, 0) is 0 Å². The van der Waals surface area contributed by atoms with Crippen LogP contribution < -0.4 is 9.80 Å². The second-order valence-electron chi connectivity index (χ2n) is 13.8. The molecule has 11 rings (SSSR count). The van der Waals surface area contributed by atoms with Crippen molar-refractivity contribution in [3.05, 3.63) is 194 Å². The number of nitrogens with zero attached hydrogens (tertiary/aromatic N) is 2. The molecule has 0 N–H and O–H groups in total. The maximum atomic E-state index is 6.61. The molecular weight excluding hydrogens is 661 g/mol. The smallest absolute Gasteiger partial charge is 0.136 e.